The van der Waals surface area contributed by atoms with Crippen LogP contribution in [-0.4, -0.2) is 0 Å². The van der Waals surface area contributed by atoms with Crippen molar-refractivity contribution in [2.45, 2.75) is 38.3 Å². The summed E-state index contributed by atoms with van der Waals surface area (Å²) in [5.74, 6) is 0. The molecule has 0 aliphatic heterocycles. The molecule has 1 aliphatic carbocycles. The minimum atomic E-state index is 0.476. The van der Waals surface area contributed by atoms with Crippen LogP contribution in [0.2, 0.25) is 5.02 Å². The topological polar surface area (TPSA) is 12.0 Å². The summed E-state index contributed by atoms with van der Waals surface area (Å²) in [6.07, 6.45) is 5.04. The maximum atomic E-state index is 5.93. The summed E-state index contributed by atoms with van der Waals surface area (Å²) in [5, 5.41) is 4.51. The predicted octanol–water partition coefficient (Wildman–Crippen LogP) is 4.90. The van der Waals surface area contributed by atoms with Crippen LogP contribution in [0.25, 0.3) is 0 Å². The van der Waals surface area contributed by atoms with E-state index in [-0.39, 0.29) is 0 Å². The number of rotatable bonds is 3. The summed E-state index contributed by atoms with van der Waals surface area (Å²) >= 11 is 5.93. The highest BCUT2D eigenvalue weighted by Gasteiger charge is 2.17. The minimum absolute atomic E-state index is 0.476. The smallest absolute Gasteiger partial charge is 0.0406 e. The van der Waals surface area contributed by atoms with E-state index in [1.54, 1.807) is 0 Å². The van der Waals surface area contributed by atoms with Gasteiger partial charge in [-0.1, -0.05) is 54.4 Å². The SMILES string of the molecule is Clc1ccc(CNC2CCCCc3ccccc32)cc1. The first-order valence-corrected chi connectivity index (χ1v) is 7.76. The predicted molar refractivity (Wildman–Crippen MR) is 85.0 cm³/mol. The highest BCUT2D eigenvalue weighted by molar-refractivity contribution is 6.30. The summed E-state index contributed by atoms with van der Waals surface area (Å²) < 4.78 is 0. The quantitative estimate of drug-likeness (QED) is 0.791. The average Bonchev–Trinajstić information content (AvgIpc) is 2.69. The second kappa shape index (κ2) is 6.43. The molecule has 1 nitrogen and oxygen atoms in total. The molecule has 0 fully saturated rings. The largest absolute Gasteiger partial charge is 0.306 e. The van der Waals surface area contributed by atoms with Gasteiger partial charge in [-0.05, 0) is 48.1 Å². The van der Waals surface area contributed by atoms with Crippen molar-refractivity contribution < 1.29 is 0 Å². The molecule has 0 radical (unpaired) electrons. The Kier molecular flexibility index (Phi) is 4.39. The molecule has 2 heteroatoms. The van der Waals surface area contributed by atoms with E-state index in [1.165, 1.54) is 42.4 Å². The van der Waals surface area contributed by atoms with Crippen LogP contribution in [0.15, 0.2) is 48.5 Å². The van der Waals surface area contributed by atoms with Gasteiger partial charge in [-0.2, -0.15) is 0 Å². The zero-order valence-corrected chi connectivity index (χ0v) is 12.4. The zero-order valence-electron chi connectivity index (χ0n) is 11.6. The van der Waals surface area contributed by atoms with E-state index < -0.39 is 0 Å². The van der Waals surface area contributed by atoms with Crippen molar-refractivity contribution in [1.29, 1.82) is 0 Å². The van der Waals surface area contributed by atoms with Crippen LogP contribution >= 0.6 is 11.6 Å². The van der Waals surface area contributed by atoms with E-state index in [0.29, 0.717) is 6.04 Å². The Hall–Kier alpha value is -1.31. The van der Waals surface area contributed by atoms with Crippen molar-refractivity contribution in [2.75, 3.05) is 0 Å². The van der Waals surface area contributed by atoms with E-state index >= 15 is 0 Å². The second-order valence-corrected chi connectivity index (χ2v) is 5.94. The molecule has 1 unspecified atom stereocenters. The molecule has 1 atom stereocenters. The van der Waals surface area contributed by atoms with Crippen molar-refractivity contribution in [2.24, 2.45) is 0 Å². The zero-order chi connectivity index (χ0) is 13.8. The van der Waals surface area contributed by atoms with Gasteiger partial charge in [0.15, 0.2) is 0 Å². The van der Waals surface area contributed by atoms with Gasteiger partial charge in [0.2, 0.25) is 0 Å². The number of benzene rings is 2. The molecular weight excluding hydrogens is 266 g/mol. The van der Waals surface area contributed by atoms with Gasteiger partial charge in [0.05, 0.1) is 0 Å². The van der Waals surface area contributed by atoms with Crippen molar-refractivity contribution in [3.05, 3.63) is 70.2 Å². The Bertz CT molecular complexity index is 562. The van der Waals surface area contributed by atoms with Gasteiger partial charge in [0.25, 0.3) is 0 Å². The van der Waals surface area contributed by atoms with E-state index in [4.69, 9.17) is 11.6 Å². The number of fused-ring (bicyclic) bond motifs is 1. The van der Waals surface area contributed by atoms with Gasteiger partial charge in [-0.3, -0.25) is 0 Å². The summed E-state index contributed by atoms with van der Waals surface area (Å²) in [7, 11) is 0. The van der Waals surface area contributed by atoms with Crippen LogP contribution in [0, 0.1) is 0 Å². The maximum absolute atomic E-state index is 5.93. The lowest BCUT2D eigenvalue weighted by Crippen LogP contribution is -2.21. The van der Waals surface area contributed by atoms with Crippen LogP contribution in [0.1, 0.15) is 42.0 Å². The Morgan fingerprint density at radius 2 is 1.80 bits per heavy atom. The normalized spacial score (nSPS) is 18.4. The number of hydrogen-bond acceptors (Lipinski definition) is 1. The van der Waals surface area contributed by atoms with Crippen molar-refractivity contribution in [3.63, 3.8) is 0 Å². The van der Waals surface area contributed by atoms with Crippen LogP contribution in [0.4, 0.5) is 0 Å². The lowest BCUT2D eigenvalue weighted by molar-refractivity contribution is 0.489. The molecule has 1 N–H and O–H groups in total. The molecule has 0 aromatic heterocycles. The van der Waals surface area contributed by atoms with E-state index in [0.717, 1.165) is 11.6 Å². The van der Waals surface area contributed by atoms with E-state index in [9.17, 15) is 0 Å². The molecule has 3 rings (SSSR count). The van der Waals surface area contributed by atoms with Crippen molar-refractivity contribution >= 4 is 11.6 Å². The summed E-state index contributed by atoms with van der Waals surface area (Å²) in [5.41, 5.74) is 4.29. The lowest BCUT2D eigenvalue weighted by Gasteiger charge is -2.19. The number of aryl methyl sites for hydroxylation is 1. The van der Waals surface area contributed by atoms with Crippen molar-refractivity contribution in [3.8, 4) is 0 Å². The van der Waals surface area contributed by atoms with Gasteiger partial charge in [-0.25, -0.2) is 0 Å². The standard InChI is InChI=1S/C18H20ClN/c19-16-11-9-14(10-12-16)13-20-18-8-4-2-6-15-5-1-3-7-17(15)18/h1,3,5,7,9-12,18,20H,2,4,6,8,13H2. The van der Waals surface area contributed by atoms with Gasteiger partial charge in [0.1, 0.15) is 0 Å². The molecule has 2 aromatic carbocycles. The van der Waals surface area contributed by atoms with Gasteiger partial charge >= 0.3 is 0 Å². The van der Waals surface area contributed by atoms with E-state index in [2.05, 4.69) is 41.7 Å². The van der Waals surface area contributed by atoms with Crippen LogP contribution in [0.3, 0.4) is 0 Å². The molecule has 0 heterocycles. The first kappa shape index (κ1) is 13.7. The summed E-state index contributed by atoms with van der Waals surface area (Å²) in [6, 6.07) is 17.4. The fourth-order valence-corrected chi connectivity index (χ4v) is 3.10. The molecule has 0 spiro atoms. The molecule has 104 valence electrons. The maximum Gasteiger partial charge on any atom is 0.0406 e. The Morgan fingerprint density at radius 1 is 1.00 bits per heavy atom. The third-order valence-electron chi connectivity index (χ3n) is 4.09. The number of nitrogens with one attached hydrogen (secondary N) is 1. The highest BCUT2D eigenvalue weighted by Crippen LogP contribution is 2.28. The van der Waals surface area contributed by atoms with Crippen molar-refractivity contribution in [1.82, 2.24) is 5.32 Å². The Balaban J connectivity index is 1.72. The molecule has 0 bridgehead atoms. The fraction of sp³-hybridized carbons (Fsp3) is 0.333. The Labute approximate surface area is 126 Å². The first-order valence-electron chi connectivity index (χ1n) is 7.38. The first-order chi connectivity index (χ1) is 9.83. The molecule has 20 heavy (non-hydrogen) atoms. The molecular formula is C18H20ClN. The van der Waals surface area contributed by atoms with Gasteiger partial charge in [0, 0.05) is 17.6 Å². The summed E-state index contributed by atoms with van der Waals surface area (Å²) in [6.45, 7) is 0.899. The molecule has 0 saturated heterocycles. The summed E-state index contributed by atoms with van der Waals surface area (Å²) in [4.78, 5) is 0. The highest BCUT2D eigenvalue weighted by atomic mass is 35.5. The average molecular weight is 286 g/mol. The third-order valence-corrected chi connectivity index (χ3v) is 4.34. The monoisotopic (exact) mass is 285 g/mol. The minimum Gasteiger partial charge on any atom is -0.306 e. The molecule has 0 saturated carbocycles. The fourth-order valence-electron chi connectivity index (χ4n) is 2.98. The number of halogens is 1. The second-order valence-electron chi connectivity index (χ2n) is 5.50. The third kappa shape index (κ3) is 3.23. The van der Waals surface area contributed by atoms with Gasteiger partial charge < -0.3 is 5.32 Å². The van der Waals surface area contributed by atoms with Gasteiger partial charge in [-0.15, -0.1) is 0 Å². The molecule has 1 aliphatic rings. The van der Waals surface area contributed by atoms with Crippen LogP contribution in [-0.2, 0) is 13.0 Å². The number of hydrogen-bond donors (Lipinski definition) is 1. The van der Waals surface area contributed by atoms with E-state index in [1.807, 2.05) is 12.1 Å². The molecule has 0 amide bonds. The van der Waals surface area contributed by atoms with Crippen LogP contribution in [0.5, 0.6) is 0 Å². The van der Waals surface area contributed by atoms with Crippen LogP contribution < -0.4 is 5.32 Å². The lowest BCUT2D eigenvalue weighted by atomic mass is 9.99. The molecule has 2 aromatic rings. The Morgan fingerprint density at radius 3 is 2.65 bits per heavy atom.